The first-order chi connectivity index (χ1) is 12.9. The summed E-state index contributed by atoms with van der Waals surface area (Å²) in [6, 6.07) is 5.09. The third kappa shape index (κ3) is 8.97. The van der Waals surface area contributed by atoms with Gasteiger partial charge in [0.15, 0.2) is 0 Å². The van der Waals surface area contributed by atoms with E-state index in [0.717, 1.165) is 19.4 Å². The number of nitrogens with one attached hydrogen (secondary N) is 2. The Morgan fingerprint density at radius 3 is 2.45 bits per heavy atom. The van der Waals surface area contributed by atoms with Crippen LogP contribution in [0.25, 0.3) is 0 Å². The number of hydrogen-bond acceptors (Lipinski definition) is 5. The number of piperidine rings is 1. The van der Waals surface area contributed by atoms with Gasteiger partial charge in [-0.3, -0.25) is 9.59 Å². The van der Waals surface area contributed by atoms with Gasteiger partial charge in [0.2, 0.25) is 5.91 Å². The van der Waals surface area contributed by atoms with E-state index >= 15 is 0 Å². The molecule has 166 valence electrons. The Bertz CT molecular complexity index is 654. The molecule has 7 nitrogen and oxygen atoms in total. The monoisotopic (exact) mass is 468 g/mol. The molecule has 0 unspecified atom stereocenters. The second kappa shape index (κ2) is 13.9. The summed E-state index contributed by atoms with van der Waals surface area (Å²) >= 11 is 6.31. The van der Waals surface area contributed by atoms with Crippen LogP contribution in [0.4, 0.5) is 0 Å². The van der Waals surface area contributed by atoms with Gasteiger partial charge in [0.05, 0.1) is 11.6 Å². The van der Waals surface area contributed by atoms with Crippen molar-refractivity contribution in [3.63, 3.8) is 0 Å². The molecular weight excluding hydrogens is 439 g/mol. The molecule has 1 heterocycles. The molecule has 0 aliphatic carbocycles. The summed E-state index contributed by atoms with van der Waals surface area (Å²) in [5, 5.41) is 6.16. The van der Waals surface area contributed by atoms with Crippen molar-refractivity contribution in [1.82, 2.24) is 20.4 Å². The second-order valence-corrected chi connectivity index (χ2v) is 7.34. The van der Waals surface area contributed by atoms with Crippen LogP contribution in [0.15, 0.2) is 18.2 Å². The van der Waals surface area contributed by atoms with Crippen LogP contribution >= 0.6 is 36.4 Å². The van der Waals surface area contributed by atoms with Crippen molar-refractivity contribution >= 4 is 48.2 Å². The molecule has 1 aliphatic rings. The number of nitrogens with zero attached hydrogens (tertiary/aromatic N) is 2. The van der Waals surface area contributed by atoms with Gasteiger partial charge in [0.1, 0.15) is 11.9 Å². The zero-order chi connectivity index (χ0) is 19.8. The van der Waals surface area contributed by atoms with E-state index in [9.17, 15) is 9.59 Å². The summed E-state index contributed by atoms with van der Waals surface area (Å²) in [6.07, 6.45) is 1.54. The lowest BCUT2D eigenvalue weighted by atomic mass is 10.1. The summed E-state index contributed by atoms with van der Waals surface area (Å²) < 4.78 is 6.00. The maximum absolute atomic E-state index is 12.2. The minimum atomic E-state index is -0.151. The third-order valence-corrected chi connectivity index (χ3v) is 4.75. The number of halogens is 3. The number of carbonyl (C=O) groups excluding carboxylic acids is 2. The van der Waals surface area contributed by atoms with E-state index in [2.05, 4.69) is 10.6 Å². The van der Waals surface area contributed by atoms with E-state index in [0.29, 0.717) is 42.5 Å². The van der Waals surface area contributed by atoms with Crippen molar-refractivity contribution in [2.75, 3.05) is 53.9 Å². The molecule has 2 rings (SSSR count). The van der Waals surface area contributed by atoms with Crippen molar-refractivity contribution in [3.05, 3.63) is 28.8 Å². The number of carbonyl (C=O) groups is 2. The third-order valence-electron chi connectivity index (χ3n) is 4.45. The normalized spacial score (nSPS) is 14.0. The molecule has 1 saturated heterocycles. The number of amides is 2. The fourth-order valence-corrected chi connectivity index (χ4v) is 3.12. The average molecular weight is 470 g/mol. The SMILES string of the molecule is CNCC(=O)N1CCC(Oc2ccc(C(=O)NCCN(C)C)cc2Cl)CC1.Cl.Cl. The van der Waals surface area contributed by atoms with Gasteiger partial charge in [-0.15, -0.1) is 24.8 Å². The first-order valence-electron chi connectivity index (χ1n) is 9.22. The molecule has 0 atom stereocenters. The first-order valence-corrected chi connectivity index (χ1v) is 9.60. The van der Waals surface area contributed by atoms with Gasteiger partial charge >= 0.3 is 0 Å². The molecular formula is C19H31Cl3N4O3. The Labute approximate surface area is 190 Å². The number of likely N-dealkylation sites (tertiary alicyclic amines) is 1. The summed E-state index contributed by atoms with van der Waals surface area (Å²) in [7, 11) is 5.68. The zero-order valence-corrected chi connectivity index (χ0v) is 19.5. The first kappa shape index (κ1) is 27.8. The summed E-state index contributed by atoms with van der Waals surface area (Å²) in [5.74, 6) is 0.529. The van der Waals surface area contributed by atoms with E-state index in [1.165, 1.54) is 0 Å². The Morgan fingerprint density at radius 2 is 1.90 bits per heavy atom. The Balaban J connectivity index is 0.00000392. The van der Waals surface area contributed by atoms with Crippen molar-refractivity contribution in [1.29, 1.82) is 0 Å². The quantitative estimate of drug-likeness (QED) is 0.610. The average Bonchev–Trinajstić information content (AvgIpc) is 2.63. The fraction of sp³-hybridized carbons (Fsp3) is 0.579. The maximum Gasteiger partial charge on any atom is 0.251 e. The predicted octanol–water partition coefficient (Wildman–Crippen LogP) is 2.06. The highest BCUT2D eigenvalue weighted by Gasteiger charge is 2.24. The van der Waals surface area contributed by atoms with Crippen LogP contribution in [0.5, 0.6) is 5.75 Å². The highest BCUT2D eigenvalue weighted by molar-refractivity contribution is 6.32. The van der Waals surface area contributed by atoms with Gasteiger partial charge in [0.25, 0.3) is 5.91 Å². The lowest BCUT2D eigenvalue weighted by molar-refractivity contribution is -0.131. The van der Waals surface area contributed by atoms with Crippen LogP contribution in [0, 0.1) is 0 Å². The van der Waals surface area contributed by atoms with E-state index < -0.39 is 0 Å². The molecule has 0 spiro atoms. The maximum atomic E-state index is 12.2. The Morgan fingerprint density at radius 1 is 1.24 bits per heavy atom. The molecule has 0 radical (unpaired) electrons. The molecule has 0 bridgehead atoms. The zero-order valence-electron chi connectivity index (χ0n) is 17.1. The number of benzene rings is 1. The molecule has 0 saturated carbocycles. The molecule has 1 aliphatic heterocycles. The lowest BCUT2D eigenvalue weighted by Gasteiger charge is -2.32. The standard InChI is InChI=1S/C19H29ClN4O3.2ClH/c1-21-13-18(25)24-9-6-15(7-10-24)27-17-5-4-14(12-16(17)20)19(26)22-8-11-23(2)3;;/h4-5,12,15,21H,6-11,13H2,1-3H3,(H,22,26);2*1H. The second-order valence-electron chi connectivity index (χ2n) is 6.93. The molecule has 0 aromatic heterocycles. The van der Waals surface area contributed by atoms with E-state index in [1.807, 2.05) is 23.9 Å². The molecule has 1 aromatic rings. The van der Waals surface area contributed by atoms with Crippen LogP contribution < -0.4 is 15.4 Å². The smallest absolute Gasteiger partial charge is 0.251 e. The van der Waals surface area contributed by atoms with Crippen LogP contribution in [0.2, 0.25) is 5.02 Å². The van der Waals surface area contributed by atoms with Crippen molar-refractivity contribution in [2.24, 2.45) is 0 Å². The van der Waals surface area contributed by atoms with Gasteiger partial charge in [-0.05, 0) is 39.3 Å². The largest absolute Gasteiger partial charge is 0.489 e. The van der Waals surface area contributed by atoms with E-state index in [4.69, 9.17) is 16.3 Å². The topological polar surface area (TPSA) is 73.9 Å². The van der Waals surface area contributed by atoms with E-state index in [-0.39, 0.29) is 42.7 Å². The number of ether oxygens (including phenoxy) is 1. The molecule has 1 aromatic carbocycles. The number of rotatable bonds is 8. The van der Waals surface area contributed by atoms with Crippen LogP contribution in [0.3, 0.4) is 0 Å². The van der Waals surface area contributed by atoms with Gasteiger partial charge in [-0.2, -0.15) is 0 Å². The van der Waals surface area contributed by atoms with Gasteiger partial charge in [0, 0.05) is 44.6 Å². The predicted molar refractivity (Wildman–Crippen MR) is 121 cm³/mol. The molecule has 1 fully saturated rings. The van der Waals surface area contributed by atoms with Crippen LogP contribution in [0.1, 0.15) is 23.2 Å². The molecule has 2 N–H and O–H groups in total. The highest BCUT2D eigenvalue weighted by atomic mass is 35.5. The van der Waals surface area contributed by atoms with Gasteiger partial charge in [-0.25, -0.2) is 0 Å². The summed E-state index contributed by atoms with van der Waals surface area (Å²) in [5.41, 5.74) is 0.513. The highest BCUT2D eigenvalue weighted by Crippen LogP contribution is 2.28. The van der Waals surface area contributed by atoms with E-state index in [1.54, 1.807) is 25.2 Å². The Kier molecular flexibility index (Phi) is 13.3. The van der Waals surface area contributed by atoms with Crippen LogP contribution in [-0.2, 0) is 4.79 Å². The van der Waals surface area contributed by atoms with Crippen molar-refractivity contribution in [2.45, 2.75) is 18.9 Å². The summed E-state index contributed by atoms with van der Waals surface area (Å²) in [4.78, 5) is 27.9. The minimum absolute atomic E-state index is 0. The molecule has 29 heavy (non-hydrogen) atoms. The molecule has 2 amide bonds. The van der Waals surface area contributed by atoms with Crippen molar-refractivity contribution in [3.8, 4) is 5.75 Å². The fourth-order valence-electron chi connectivity index (χ4n) is 2.90. The lowest BCUT2D eigenvalue weighted by Crippen LogP contribution is -2.44. The number of likely N-dealkylation sites (N-methyl/N-ethyl adjacent to an activating group) is 2. The van der Waals surface area contributed by atoms with Crippen LogP contribution in [-0.4, -0.2) is 81.6 Å². The van der Waals surface area contributed by atoms with Gasteiger partial charge in [-0.1, -0.05) is 11.6 Å². The summed E-state index contributed by atoms with van der Waals surface area (Å²) in [6.45, 7) is 3.06. The van der Waals surface area contributed by atoms with Gasteiger partial charge < -0.3 is 25.2 Å². The van der Waals surface area contributed by atoms with Crippen molar-refractivity contribution < 1.29 is 14.3 Å². The minimum Gasteiger partial charge on any atom is -0.489 e. The Hall–Kier alpha value is -1.25. The molecule has 10 heteroatoms. The number of hydrogen-bond donors (Lipinski definition) is 2.